The first-order chi connectivity index (χ1) is 20.8. The molecule has 0 aliphatic heterocycles. The Labute approximate surface area is 244 Å². The number of rotatable bonds is 6. The Morgan fingerprint density at radius 2 is 0.619 bits per heavy atom. The first-order valence-corrected chi connectivity index (χ1v) is 13.7. The molecule has 0 N–H and O–H groups in total. The van der Waals surface area contributed by atoms with Gasteiger partial charge in [-0.3, -0.25) is 0 Å². The van der Waals surface area contributed by atoms with Crippen LogP contribution in [-0.2, 0) is 0 Å². The minimum absolute atomic E-state index is 0.494. The molecule has 42 heavy (non-hydrogen) atoms. The molecule has 3 heterocycles. The van der Waals surface area contributed by atoms with Crippen LogP contribution in [0, 0.1) is 0 Å². The van der Waals surface area contributed by atoms with Crippen molar-refractivity contribution in [3.05, 3.63) is 152 Å². The summed E-state index contributed by atoms with van der Waals surface area (Å²) in [6.45, 7) is 0. The minimum atomic E-state index is 0.494. The third-order valence-corrected chi connectivity index (χ3v) is 7.13. The molecule has 0 saturated heterocycles. The van der Waals surface area contributed by atoms with Crippen LogP contribution < -0.4 is 0 Å². The summed E-state index contributed by atoms with van der Waals surface area (Å²) < 4.78 is 0. The van der Waals surface area contributed by atoms with Crippen LogP contribution in [0.15, 0.2) is 152 Å². The van der Waals surface area contributed by atoms with Gasteiger partial charge in [-0.05, 0) is 34.4 Å². The van der Waals surface area contributed by atoms with Gasteiger partial charge in [-0.15, -0.1) is 0 Å². The van der Waals surface area contributed by atoms with Crippen LogP contribution in [0.2, 0.25) is 0 Å². The van der Waals surface area contributed by atoms with Crippen LogP contribution in [0.3, 0.4) is 0 Å². The average Bonchev–Trinajstić information content (AvgIpc) is 3.09. The third kappa shape index (κ3) is 5.31. The molecule has 7 aromatic rings. The van der Waals surface area contributed by atoms with Gasteiger partial charge in [0, 0.05) is 47.0 Å². The lowest BCUT2D eigenvalue weighted by Crippen LogP contribution is -1.95. The number of nitrogens with zero attached hydrogens (tertiary/aromatic N) is 5. The Morgan fingerprint density at radius 3 is 1.02 bits per heavy atom. The second-order valence-corrected chi connectivity index (χ2v) is 9.89. The lowest BCUT2D eigenvalue weighted by atomic mass is 9.98. The minimum Gasteiger partial charge on any atom is -0.248 e. The van der Waals surface area contributed by atoms with Crippen molar-refractivity contribution < 1.29 is 0 Å². The van der Waals surface area contributed by atoms with Crippen LogP contribution >= 0.6 is 0 Å². The van der Waals surface area contributed by atoms with Crippen LogP contribution in [0.1, 0.15) is 0 Å². The first kappa shape index (κ1) is 25.2. The molecule has 0 saturated carbocycles. The third-order valence-electron chi connectivity index (χ3n) is 7.13. The van der Waals surface area contributed by atoms with E-state index in [4.69, 9.17) is 4.98 Å². The van der Waals surface area contributed by atoms with Crippen LogP contribution in [0.25, 0.3) is 67.5 Å². The maximum absolute atomic E-state index is 4.99. The van der Waals surface area contributed by atoms with Crippen molar-refractivity contribution in [1.82, 2.24) is 24.9 Å². The maximum atomic E-state index is 4.99. The van der Waals surface area contributed by atoms with Crippen molar-refractivity contribution in [2.75, 3.05) is 0 Å². The summed E-state index contributed by atoms with van der Waals surface area (Å²) in [7, 11) is 0. The van der Waals surface area contributed by atoms with Crippen molar-refractivity contribution >= 4 is 0 Å². The molecule has 0 unspecified atom stereocenters. The van der Waals surface area contributed by atoms with E-state index >= 15 is 0 Å². The fourth-order valence-corrected chi connectivity index (χ4v) is 4.88. The zero-order valence-electron chi connectivity index (χ0n) is 22.7. The smallest absolute Gasteiger partial charge is 0.197 e. The summed E-state index contributed by atoms with van der Waals surface area (Å²) in [5.74, 6) is 0.992. The Bertz CT molecular complexity index is 1860. The summed E-state index contributed by atoms with van der Waals surface area (Å²) >= 11 is 0. The summed E-state index contributed by atoms with van der Waals surface area (Å²) in [5, 5.41) is 0. The van der Waals surface area contributed by atoms with Crippen molar-refractivity contribution in [2.24, 2.45) is 0 Å². The van der Waals surface area contributed by atoms with E-state index in [-0.39, 0.29) is 0 Å². The van der Waals surface area contributed by atoms with E-state index in [1.807, 2.05) is 79.1 Å². The van der Waals surface area contributed by atoms with Crippen LogP contribution in [0.4, 0.5) is 0 Å². The topological polar surface area (TPSA) is 64.5 Å². The Hall–Kier alpha value is -5.81. The van der Waals surface area contributed by atoms with Crippen molar-refractivity contribution in [3.8, 4) is 67.5 Å². The molecule has 0 amide bonds. The largest absolute Gasteiger partial charge is 0.248 e. The highest BCUT2D eigenvalue weighted by molar-refractivity contribution is 5.78. The van der Waals surface area contributed by atoms with Crippen molar-refractivity contribution in [3.63, 3.8) is 0 Å². The predicted molar refractivity (Wildman–Crippen MR) is 168 cm³/mol. The molecular formula is C37H25N5. The molecule has 5 heteroatoms. The van der Waals surface area contributed by atoms with E-state index < -0.39 is 0 Å². The fraction of sp³-hybridized carbons (Fsp3) is 0. The highest BCUT2D eigenvalue weighted by Crippen LogP contribution is 2.31. The maximum Gasteiger partial charge on any atom is 0.197 e. The molecule has 0 aliphatic carbocycles. The summed E-state index contributed by atoms with van der Waals surface area (Å²) in [6.07, 6.45) is 7.25. The monoisotopic (exact) mass is 539 g/mol. The highest BCUT2D eigenvalue weighted by Gasteiger charge is 2.11. The predicted octanol–water partition coefficient (Wildman–Crippen LogP) is 8.66. The Morgan fingerprint density at radius 1 is 0.286 bits per heavy atom. The van der Waals surface area contributed by atoms with E-state index in [1.165, 1.54) is 0 Å². The highest BCUT2D eigenvalue weighted by atomic mass is 15.0. The van der Waals surface area contributed by atoms with Gasteiger partial charge < -0.3 is 0 Å². The van der Waals surface area contributed by atoms with Crippen molar-refractivity contribution in [2.45, 2.75) is 0 Å². The van der Waals surface area contributed by atoms with Crippen LogP contribution in [-0.4, -0.2) is 24.9 Å². The van der Waals surface area contributed by atoms with E-state index in [2.05, 4.69) is 80.6 Å². The van der Waals surface area contributed by atoms with Crippen LogP contribution in [0.5, 0.6) is 0 Å². The van der Waals surface area contributed by atoms with Crippen molar-refractivity contribution in [1.29, 1.82) is 0 Å². The van der Waals surface area contributed by atoms with Gasteiger partial charge in [0.2, 0.25) is 0 Å². The molecule has 0 bridgehead atoms. The Balaban J connectivity index is 1.15. The normalized spacial score (nSPS) is 10.9. The summed E-state index contributed by atoms with van der Waals surface area (Å²) in [4.78, 5) is 23.1. The number of hydrogen-bond donors (Lipinski definition) is 0. The lowest BCUT2D eigenvalue weighted by Gasteiger charge is -2.11. The quantitative estimate of drug-likeness (QED) is 0.212. The average molecular weight is 540 g/mol. The number of aromatic nitrogens is 5. The van der Waals surface area contributed by atoms with E-state index in [9.17, 15) is 0 Å². The molecule has 0 radical (unpaired) electrons. The zero-order valence-corrected chi connectivity index (χ0v) is 22.7. The van der Waals surface area contributed by atoms with Gasteiger partial charge in [0.25, 0.3) is 0 Å². The molecule has 7 rings (SSSR count). The number of pyridine rings is 1. The Kier molecular flexibility index (Phi) is 6.81. The molecule has 4 aromatic carbocycles. The SMILES string of the molecule is c1ccc(-c2cnc(-c3ncc(-c4ccc(-c5cc(-c6ccccc6)nc(-c6ccccc6)c5)cc4)cn3)nc2)cc1. The lowest BCUT2D eigenvalue weighted by molar-refractivity contribution is 1.08. The number of hydrogen-bond acceptors (Lipinski definition) is 5. The fourth-order valence-electron chi connectivity index (χ4n) is 4.88. The summed E-state index contributed by atoms with van der Waals surface area (Å²) in [6, 6.07) is 43.4. The van der Waals surface area contributed by atoms with Gasteiger partial charge in [-0.25, -0.2) is 24.9 Å². The second-order valence-electron chi connectivity index (χ2n) is 9.89. The molecule has 0 fully saturated rings. The zero-order chi connectivity index (χ0) is 28.1. The van der Waals surface area contributed by atoms with E-state index in [1.54, 1.807) is 12.4 Å². The molecule has 0 spiro atoms. The first-order valence-electron chi connectivity index (χ1n) is 13.7. The van der Waals surface area contributed by atoms with Gasteiger partial charge in [0.1, 0.15) is 0 Å². The molecule has 5 nitrogen and oxygen atoms in total. The standard InChI is InChI=1S/C37H25N5/c1-4-10-26(11-5-1)32-22-38-36(39-23-32)37-40-24-33(25-41-37)28-18-16-27(17-19-28)31-20-34(29-12-6-2-7-13-29)42-35(21-31)30-14-8-3-9-15-30/h1-25H. The second kappa shape index (κ2) is 11.4. The molecule has 198 valence electrons. The molecular weight excluding hydrogens is 514 g/mol. The summed E-state index contributed by atoms with van der Waals surface area (Å²) in [5.41, 5.74) is 10.3. The van der Waals surface area contributed by atoms with Gasteiger partial charge in [-0.1, -0.05) is 115 Å². The van der Waals surface area contributed by atoms with Gasteiger partial charge in [0.15, 0.2) is 11.6 Å². The molecule has 0 aliphatic rings. The number of benzene rings is 4. The van der Waals surface area contributed by atoms with Gasteiger partial charge >= 0.3 is 0 Å². The van der Waals surface area contributed by atoms with Gasteiger partial charge in [0.05, 0.1) is 11.4 Å². The molecule has 3 aromatic heterocycles. The van der Waals surface area contributed by atoms with Gasteiger partial charge in [-0.2, -0.15) is 0 Å². The van der Waals surface area contributed by atoms with E-state index in [0.29, 0.717) is 11.6 Å². The van der Waals surface area contributed by atoms with E-state index in [0.717, 1.165) is 55.9 Å². The molecule has 0 atom stereocenters.